The van der Waals surface area contributed by atoms with Crippen LogP contribution in [0.2, 0.25) is 0 Å². The first-order valence-electron chi connectivity index (χ1n) is 11.8. The summed E-state index contributed by atoms with van der Waals surface area (Å²) < 4.78 is 0. The zero-order valence-corrected chi connectivity index (χ0v) is 17.9. The zero-order valence-electron chi connectivity index (χ0n) is 17.9. The molecule has 160 valence electrons. The van der Waals surface area contributed by atoms with Crippen LogP contribution in [0.5, 0.6) is 0 Å². The molecule has 3 saturated heterocycles. The minimum Gasteiger partial charge on any atom is -0.356 e. The maximum absolute atomic E-state index is 13.3. The van der Waals surface area contributed by atoms with Gasteiger partial charge in [-0.15, -0.1) is 0 Å². The quantitative estimate of drug-likeness (QED) is 0.776. The van der Waals surface area contributed by atoms with Crippen molar-refractivity contribution in [3.05, 3.63) is 30.1 Å². The van der Waals surface area contributed by atoms with Gasteiger partial charge >= 0.3 is 0 Å². The highest BCUT2D eigenvalue weighted by Crippen LogP contribution is 2.28. The van der Waals surface area contributed by atoms with E-state index < -0.39 is 0 Å². The lowest BCUT2D eigenvalue weighted by molar-refractivity contribution is 0.0590. The number of carbonyl (C=O) groups excluding carboxylic acids is 1. The monoisotopic (exact) mass is 407 g/mol. The molecule has 1 amide bonds. The zero-order chi connectivity index (χ0) is 20.3. The molecule has 0 unspecified atom stereocenters. The first-order chi connectivity index (χ1) is 14.8. The Labute approximate surface area is 179 Å². The first-order valence-corrected chi connectivity index (χ1v) is 11.8. The van der Waals surface area contributed by atoms with Crippen molar-refractivity contribution >= 4 is 22.6 Å². The Hall–Kier alpha value is -2.21. The van der Waals surface area contributed by atoms with E-state index in [0.29, 0.717) is 6.04 Å². The summed E-state index contributed by atoms with van der Waals surface area (Å²) in [6.07, 6.45) is 11.6. The molecule has 0 N–H and O–H groups in total. The van der Waals surface area contributed by atoms with E-state index >= 15 is 0 Å². The lowest BCUT2D eigenvalue weighted by Gasteiger charge is -2.40. The number of piperidine rings is 3. The van der Waals surface area contributed by atoms with Crippen LogP contribution in [-0.2, 0) is 0 Å². The van der Waals surface area contributed by atoms with E-state index in [1.165, 1.54) is 51.6 Å². The Morgan fingerprint density at radius 2 is 1.53 bits per heavy atom. The van der Waals surface area contributed by atoms with E-state index in [4.69, 9.17) is 0 Å². The van der Waals surface area contributed by atoms with Gasteiger partial charge in [0.05, 0.1) is 5.52 Å². The van der Waals surface area contributed by atoms with Crippen molar-refractivity contribution in [3.8, 4) is 0 Å². The number of hydrogen-bond acceptors (Lipinski definition) is 5. The molecule has 5 rings (SSSR count). The lowest BCUT2D eigenvalue weighted by Crippen LogP contribution is -2.48. The average Bonchev–Trinajstić information content (AvgIpc) is 2.84. The number of carbonyl (C=O) groups is 1. The van der Waals surface area contributed by atoms with Gasteiger partial charge < -0.3 is 14.7 Å². The van der Waals surface area contributed by atoms with Crippen LogP contribution in [0.15, 0.2) is 24.5 Å². The Morgan fingerprint density at radius 1 is 0.833 bits per heavy atom. The van der Waals surface area contributed by atoms with Crippen LogP contribution in [0.4, 0.5) is 5.82 Å². The van der Waals surface area contributed by atoms with Gasteiger partial charge in [-0.05, 0) is 76.2 Å². The molecule has 0 aliphatic carbocycles. The summed E-state index contributed by atoms with van der Waals surface area (Å²) in [4.78, 5) is 29.4. The van der Waals surface area contributed by atoms with Crippen molar-refractivity contribution in [3.63, 3.8) is 0 Å². The van der Waals surface area contributed by atoms with Crippen LogP contribution in [0.25, 0.3) is 10.9 Å². The molecule has 3 aliphatic heterocycles. The fourth-order valence-electron chi connectivity index (χ4n) is 5.43. The summed E-state index contributed by atoms with van der Waals surface area (Å²) >= 11 is 0. The molecule has 0 radical (unpaired) electrons. The number of anilines is 1. The predicted molar refractivity (Wildman–Crippen MR) is 120 cm³/mol. The molecule has 4 heterocycles. The van der Waals surface area contributed by atoms with Crippen molar-refractivity contribution in [2.24, 2.45) is 0 Å². The number of hydrogen-bond donors (Lipinski definition) is 0. The average molecular weight is 408 g/mol. The molecule has 0 atom stereocenters. The molecule has 3 aliphatic rings. The third-order valence-corrected chi connectivity index (χ3v) is 7.18. The number of nitrogens with zero attached hydrogens (tertiary/aromatic N) is 5. The summed E-state index contributed by atoms with van der Waals surface area (Å²) in [7, 11) is 0. The lowest BCUT2D eigenvalue weighted by atomic mass is 9.99. The van der Waals surface area contributed by atoms with Gasteiger partial charge in [0.15, 0.2) is 0 Å². The number of benzene rings is 1. The number of rotatable bonds is 3. The van der Waals surface area contributed by atoms with Crippen LogP contribution in [0, 0.1) is 0 Å². The second kappa shape index (κ2) is 8.88. The third kappa shape index (κ3) is 4.02. The highest BCUT2D eigenvalue weighted by molar-refractivity contribution is 6.00. The van der Waals surface area contributed by atoms with E-state index in [-0.39, 0.29) is 5.91 Å². The maximum atomic E-state index is 13.3. The highest BCUT2D eigenvalue weighted by Gasteiger charge is 2.28. The summed E-state index contributed by atoms with van der Waals surface area (Å²) in [5.41, 5.74) is 1.69. The molecule has 2 aromatic rings. The standard InChI is InChI=1S/C24H33N5O/c30-24(29-15-9-20(10-16-29)27-11-3-1-4-12-27)19-7-8-22-21(17-19)23(26-18-25-22)28-13-5-2-6-14-28/h7-8,17-18,20H,1-6,9-16H2. The van der Waals surface area contributed by atoms with Crippen LogP contribution < -0.4 is 4.90 Å². The van der Waals surface area contributed by atoms with Gasteiger partial charge in [-0.25, -0.2) is 9.97 Å². The number of amides is 1. The van der Waals surface area contributed by atoms with Crippen molar-refractivity contribution in [2.45, 2.75) is 57.4 Å². The minimum absolute atomic E-state index is 0.155. The topological polar surface area (TPSA) is 52.6 Å². The Kier molecular flexibility index (Phi) is 5.84. The van der Waals surface area contributed by atoms with Crippen molar-refractivity contribution in [2.75, 3.05) is 44.2 Å². The summed E-state index contributed by atoms with van der Waals surface area (Å²) in [6.45, 7) is 6.28. The molecule has 3 fully saturated rings. The maximum Gasteiger partial charge on any atom is 0.253 e. The van der Waals surface area contributed by atoms with Gasteiger partial charge in [0.2, 0.25) is 0 Å². The van der Waals surface area contributed by atoms with Crippen LogP contribution in [0.1, 0.15) is 61.7 Å². The summed E-state index contributed by atoms with van der Waals surface area (Å²) in [5.74, 6) is 1.14. The Morgan fingerprint density at radius 3 is 2.27 bits per heavy atom. The highest BCUT2D eigenvalue weighted by atomic mass is 16.2. The number of aromatic nitrogens is 2. The molecule has 0 bridgehead atoms. The second-order valence-electron chi connectivity index (χ2n) is 9.10. The number of fused-ring (bicyclic) bond motifs is 1. The van der Waals surface area contributed by atoms with Crippen LogP contribution in [-0.4, -0.2) is 71.0 Å². The second-order valence-corrected chi connectivity index (χ2v) is 9.10. The van der Waals surface area contributed by atoms with Crippen molar-refractivity contribution < 1.29 is 4.79 Å². The Balaban J connectivity index is 1.31. The molecular weight excluding hydrogens is 374 g/mol. The smallest absolute Gasteiger partial charge is 0.253 e. The molecule has 1 aromatic carbocycles. The van der Waals surface area contributed by atoms with Gasteiger partial charge in [-0.3, -0.25) is 4.79 Å². The van der Waals surface area contributed by atoms with Gasteiger partial charge in [0.1, 0.15) is 12.1 Å². The largest absolute Gasteiger partial charge is 0.356 e. The molecule has 0 saturated carbocycles. The Bertz CT molecular complexity index is 880. The minimum atomic E-state index is 0.155. The van der Waals surface area contributed by atoms with Gasteiger partial charge in [-0.2, -0.15) is 0 Å². The van der Waals surface area contributed by atoms with E-state index in [9.17, 15) is 4.79 Å². The molecule has 6 heteroatoms. The van der Waals surface area contributed by atoms with Gasteiger partial charge in [0.25, 0.3) is 5.91 Å². The fourth-order valence-corrected chi connectivity index (χ4v) is 5.43. The van der Waals surface area contributed by atoms with E-state index in [0.717, 1.165) is 61.3 Å². The molecular formula is C24H33N5O. The van der Waals surface area contributed by atoms with Crippen LogP contribution >= 0.6 is 0 Å². The van der Waals surface area contributed by atoms with Crippen LogP contribution in [0.3, 0.4) is 0 Å². The van der Waals surface area contributed by atoms with E-state index in [1.807, 2.05) is 23.1 Å². The molecule has 6 nitrogen and oxygen atoms in total. The first kappa shape index (κ1) is 19.7. The summed E-state index contributed by atoms with van der Waals surface area (Å²) in [5, 5.41) is 1.01. The van der Waals surface area contributed by atoms with E-state index in [2.05, 4.69) is 19.8 Å². The molecule has 0 spiro atoms. The fraction of sp³-hybridized carbons (Fsp3) is 0.625. The van der Waals surface area contributed by atoms with E-state index in [1.54, 1.807) is 6.33 Å². The van der Waals surface area contributed by atoms with Gasteiger partial charge in [0, 0.05) is 43.2 Å². The third-order valence-electron chi connectivity index (χ3n) is 7.18. The molecule has 30 heavy (non-hydrogen) atoms. The number of likely N-dealkylation sites (tertiary alicyclic amines) is 2. The predicted octanol–water partition coefficient (Wildman–Crippen LogP) is 3.71. The summed E-state index contributed by atoms with van der Waals surface area (Å²) in [6, 6.07) is 6.61. The van der Waals surface area contributed by atoms with Gasteiger partial charge in [-0.1, -0.05) is 6.42 Å². The van der Waals surface area contributed by atoms with Crippen molar-refractivity contribution in [1.29, 1.82) is 0 Å². The van der Waals surface area contributed by atoms with Crippen molar-refractivity contribution in [1.82, 2.24) is 19.8 Å². The SMILES string of the molecule is O=C(c1ccc2ncnc(N3CCCCC3)c2c1)N1CCC(N2CCCCC2)CC1. The molecule has 1 aromatic heterocycles. The normalized spacial score (nSPS) is 21.9.